The lowest BCUT2D eigenvalue weighted by atomic mass is 10.1. The Kier molecular flexibility index (Phi) is 44.1. The predicted octanol–water partition coefficient (Wildman–Crippen LogP) is 12.0. The van der Waals surface area contributed by atoms with Crippen molar-refractivity contribution in [2.24, 2.45) is 0 Å². The number of unbranched alkanes of at least 4 members (excludes halogenated alkanes) is 22. The van der Waals surface area contributed by atoms with Gasteiger partial charge in [-0.2, -0.15) is 0 Å². The Morgan fingerprint density at radius 3 is 1.11 bits per heavy atom. The molecule has 0 unspecified atom stereocenters. The van der Waals surface area contributed by atoms with E-state index < -0.39 is 10.4 Å². The van der Waals surface area contributed by atoms with Gasteiger partial charge in [0.1, 0.15) is 0 Å². The molecule has 0 rings (SSSR count). The maximum atomic E-state index is 12.3. The van der Waals surface area contributed by atoms with Gasteiger partial charge in [0.05, 0.1) is 33.3 Å². The highest BCUT2D eigenvalue weighted by Gasteiger charge is 2.18. The van der Waals surface area contributed by atoms with Crippen molar-refractivity contribution in [1.29, 1.82) is 0 Å². The quantitative estimate of drug-likeness (QED) is 0.0208. The number of nitrogens with zero attached hydrogens (tertiary/aromatic N) is 1. The fourth-order valence-corrected chi connectivity index (χ4v) is 7.13. The van der Waals surface area contributed by atoms with Crippen molar-refractivity contribution in [3.05, 3.63) is 24.3 Å². The maximum Gasteiger partial charge on any atom is 0.219 e. The Morgan fingerprint density at radius 1 is 0.509 bits per heavy atom. The van der Waals surface area contributed by atoms with E-state index in [4.69, 9.17) is 0 Å². The van der Waals surface area contributed by atoms with Crippen molar-refractivity contribution in [2.75, 3.05) is 46.4 Å². The van der Waals surface area contributed by atoms with Crippen LogP contribution in [-0.4, -0.2) is 75.6 Å². The second-order valence-electron chi connectivity index (χ2n) is 16.3. The molecule has 9 nitrogen and oxygen atoms in total. The Morgan fingerprint density at radius 2 is 0.825 bits per heavy atom. The van der Waals surface area contributed by atoms with E-state index in [1.54, 1.807) is 0 Å². The molecule has 0 aromatic heterocycles. The van der Waals surface area contributed by atoms with Gasteiger partial charge in [0.2, 0.25) is 22.2 Å². The summed E-state index contributed by atoms with van der Waals surface area (Å²) in [6.45, 7) is 12.9. The zero-order valence-electron chi connectivity index (χ0n) is 38.1. The third-order valence-electron chi connectivity index (χ3n) is 10.8. The van der Waals surface area contributed by atoms with Crippen LogP contribution in [-0.2, 0) is 24.2 Å². The Balaban J connectivity index is 0. The minimum atomic E-state index is -4.42. The molecule has 0 spiro atoms. The number of hydrogen-bond donors (Lipinski definition) is 2. The fourth-order valence-electron chi connectivity index (χ4n) is 6.84. The van der Waals surface area contributed by atoms with Gasteiger partial charge in [-0.05, 0) is 78.1 Å². The molecule has 0 saturated heterocycles. The predicted molar refractivity (Wildman–Crippen MR) is 242 cm³/mol. The number of allylic oxidation sites excluding steroid dienone is 4. The van der Waals surface area contributed by atoms with Gasteiger partial charge in [0.15, 0.2) is 0 Å². The van der Waals surface area contributed by atoms with Crippen molar-refractivity contribution < 1.29 is 31.2 Å². The van der Waals surface area contributed by atoms with Crippen LogP contribution in [0.3, 0.4) is 0 Å². The highest BCUT2D eigenvalue weighted by molar-refractivity contribution is 7.80. The van der Waals surface area contributed by atoms with Gasteiger partial charge in [-0.15, -0.1) is 0 Å². The molecular formula is C47H93N3O6S. The van der Waals surface area contributed by atoms with Crippen LogP contribution in [0.2, 0.25) is 0 Å². The monoisotopic (exact) mass is 828 g/mol. The molecule has 0 radical (unpaired) electrons. The molecule has 0 aliphatic rings. The summed E-state index contributed by atoms with van der Waals surface area (Å²) in [6, 6.07) is 0. The molecule has 2 amide bonds. The van der Waals surface area contributed by atoms with Crippen molar-refractivity contribution in [3.63, 3.8) is 0 Å². The molecule has 0 fully saturated rings. The molecule has 0 saturated carbocycles. The van der Waals surface area contributed by atoms with E-state index in [9.17, 15) is 22.6 Å². The minimum absolute atomic E-state index is 0.0914. The smallest absolute Gasteiger partial charge is 0.219 e. The third-order valence-corrected chi connectivity index (χ3v) is 11.3. The number of quaternary nitrogens is 1. The first-order valence-electron chi connectivity index (χ1n) is 23.8. The van der Waals surface area contributed by atoms with Crippen molar-refractivity contribution in [1.82, 2.24) is 10.6 Å². The topological polar surface area (TPSA) is 125 Å². The van der Waals surface area contributed by atoms with E-state index >= 15 is 0 Å². The number of hydrogen-bond acceptors (Lipinski definition) is 6. The van der Waals surface area contributed by atoms with Crippen molar-refractivity contribution >= 4 is 22.2 Å². The average molecular weight is 828 g/mol. The Hall–Kier alpha value is -1.75. The summed E-state index contributed by atoms with van der Waals surface area (Å²) in [5.41, 5.74) is 0. The summed E-state index contributed by atoms with van der Waals surface area (Å²) in [5, 5.41) is 6.29. The van der Waals surface area contributed by atoms with Crippen LogP contribution in [0, 0.1) is 0 Å². The molecule has 0 aromatic rings. The lowest BCUT2D eigenvalue weighted by Crippen LogP contribution is -2.47. The average Bonchev–Trinajstić information content (AvgIpc) is 3.18. The summed E-state index contributed by atoms with van der Waals surface area (Å²) in [6.07, 6.45) is 46.2. The van der Waals surface area contributed by atoms with E-state index in [1.807, 2.05) is 0 Å². The number of carbonyl (C=O) groups excluding carboxylic acids is 2. The van der Waals surface area contributed by atoms with Gasteiger partial charge in [-0.1, -0.05) is 141 Å². The molecule has 338 valence electrons. The third kappa shape index (κ3) is 48.5. The Bertz CT molecular complexity index is 990. The summed E-state index contributed by atoms with van der Waals surface area (Å²) < 4.78 is 33.0. The molecule has 0 heterocycles. The summed E-state index contributed by atoms with van der Waals surface area (Å²) in [5.74, 6) is 0.421. The highest BCUT2D eigenvalue weighted by Crippen LogP contribution is 2.12. The van der Waals surface area contributed by atoms with Crippen molar-refractivity contribution in [3.8, 4) is 0 Å². The highest BCUT2D eigenvalue weighted by atomic mass is 32.3. The first-order chi connectivity index (χ1) is 27.5. The first-order valence-corrected chi connectivity index (χ1v) is 25.1. The van der Waals surface area contributed by atoms with Gasteiger partial charge in [-0.25, -0.2) is 8.42 Å². The van der Waals surface area contributed by atoms with Crippen molar-refractivity contribution in [2.45, 2.75) is 220 Å². The SMILES string of the molecule is CCCCCCCC/C=C\CCCCCCCC(=O)NCCC[N+](C)(CC)CCCNC(=O)CCCCCCC/C=C\CCCCCCCC.CCOS(=O)(=O)[O-]. The molecule has 0 aromatic carbocycles. The Labute approximate surface area is 353 Å². The van der Waals surface area contributed by atoms with E-state index in [2.05, 4.69) is 66.9 Å². The summed E-state index contributed by atoms with van der Waals surface area (Å²) in [7, 11) is -2.12. The zero-order valence-corrected chi connectivity index (χ0v) is 38.9. The van der Waals surface area contributed by atoms with Crippen LogP contribution in [0.4, 0.5) is 0 Å². The van der Waals surface area contributed by atoms with Gasteiger partial charge in [-0.3, -0.25) is 13.8 Å². The summed E-state index contributed by atoms with van der Waals surface area (Å²) in [4.78, 5) is 24.6. The van der Waals surface area contributed by atoms with Crippen LogP contribution in [0.15, 0.2) is 24.3 Å². The summed E-state index contributed by atoms with van der Waals surface area (Å²) >= 11 is 0. The normalized spacial score (nSPS) is 12.0. The largest absolute Gasteiger partial charge is 0.726 e. The lowest BCUT2D eigenvalue weighted by molar-refractivity contribution is -0.908. The van der Waals surface area contributed by atoms with E-state index in [0.717, 1.165) is 75.7 Å². The van der Waals surface area contributed by atoms with Gasteiger partial charge < -0.3 is 19.7 Å². The number of rotatable bonds is 41. The lowest BCUT2D eigenvalue weighted by Gasteiger charge is -2.33. The zero-order chi connectivity index (χ0) is 42.6. The minimum Gasteiger partial charge on any atom is -0.726 e. The van der Waals surface area contributed by atoms with Gasteiger partial charge in [0.25, 0.3) is 0 Å². The molecule has 2 N–H and O–H groups in total. The van der Waals surface area contributed by atoms with Crippen LogP contribution >= 0.6 is 0 Å². The molecule has 0 atom stereocenters. The second kappa shape index (κ2) is 43.8. The molecule has 0 bridgehead atoms. The second-order valence-corrected chi connectivity index (χ2v) is 17.3. The molecule has 10 heteroatoms. The van der Waals surface area contributed by atoms with Crippen LogP contribution < -0.4 is 10.6 Å². The van der Waals surface area contributed by atoms with Crippen LogP contribution in [0.1, 0.15) is 220 Å². The van der Waals surface area contributed by atoms with Gasteiger partial charge >= 0.3 is 0 Å². The molecule has 0 aliphatic heterocycles. The standard InChI is InChI=1S/C45H87N3O2.C2H6O4S/c1-5-8-10-12-14-16-18-20-22-24-26-28-30-32-34-38-44(49)46-40-36-42-48(4,7-3)43-37-41-47-45(50)39-35-33-31-29-27-25-23-21-19-17-15-13-11-9-6-2;1-2-6-7(3,4)5/h20-23H,5-19,24-43H2,1-4H3,(H-,46,47,49,50);2H2,1H3,(H,3,4,5)/b22-20-,23-21-;. The van der Waals surface area contributed by atoms with E-state index in [0.29, 0.717) is 12.8 Å². The van der Waals surface area contributed by atoms with Gasteiger partial charge in [0, 0.05) is 38.8 Å². The van der Waals surface area contributed by atoms with Crippen LogP contribution in [0.25, 0.3) is 0 Å². The maximum absolute atomic E-state index is 12.3. The van der Waals surface area contributed by atoms with E-state index in [1.165, 1.54) is 148 Å². The molecule has 0 aliphatic carbocycles. The first kappa shape index (κ1) is 57.3. The fraction of sp³-hybridized carbons (Fsp3) is 0.872. The number of nitrogens with one attached hydrogen (secondary N) is 2. The molecule has 57 heavy (non-hydrogen) atoms. The molecular weight excluding hydrogens is 735 g/mol. The number of carbonyl (C=O) groups is 2. The van der Waals surface area contributed by atoms with E-state index in [-0.39, 0.29) is 18.4 Å². The number of amides is 2. The van der Waals surface area contributed by atoms with Crippen LogP contribution in [0.5, 0.6) is 0 Å².